The maximum absolute atomic E-state index is 11.5. The Labute approximate surface area is 198 Å². The van der Waals surface area contributed by atoms with Gasteiger partial charge in [0, 0.05) is 19.1 Å². The van der Waals surface area contributed by atoms with Crippen LogP contribution in [0.3, 0.4) is 0 Å². The smallest absolute Gasteiger partial charge is 0.269 e. The Morgan fingerprint density at radius 1 is 0.971 bits per heavy atom. The van der Waals surface area contributed by atoms with Crippen LogP contribution in [-0.2, 0) is 19.0 Å². The number of nitro benzene ring substituents is 1. The molecule has 0 bridgehead atoms. The van der Waals surface area contributed by atoms with E-state index in [0.29, 0.717) is 0 Å². The zero-order valence-corrected chi connectivity index (χ0v) is 18.5. The number of carbonyl (C=O) groups is 1. The lowest BCUT2D eigenvalue weighted by Crippen LogP contribution is -2.65. The van der Waals surface area contributed by atoms with Gasteiger partial charge in [0.15, 0.2) is 6.29 Å². The molecule has 2 fully saturated rings. The first-order valence-electron chi connectivity index (χ1n) is 10.7. The van der Waals surface area contributed by atoms with Gasteiger partial charge in [0.25, 0.3) is 5.69 Å². The molecule has 15 heteroatoms. The second-order valence-electron chi connectivity index (χ2n) is 8.15. The lowest BCUT2D eigenvalue weighted by Gasteiger charge is -2.44. The number of amides is 1. The number of aliphatic hydroxyl groups is 6. The van der Waals surface area contributed by atoms with Crippen molar-refractivity contribution in [2.75, 3.05) is 13.2 Å². The summed E-state index contributed by atoms with van der Waals surface area (Å²) in [6, 6.07) is 3.60. The van der Waals surface area contributed by atoms with E-state index in [1.54, 1.807) is 0 Å². The molecule has 1 aromatic carbocycles. The van der Waals surface area contributed by atoms with Crippen molar-refractivity contribution < 1.29 is 59.3 Å². The molecule has 3 rings (SSSR count). The van der Waals surface area contributed by atoms with Crippen LogP contribution in [0.1, 0.15) is 6.92 Å². The van der Waals surface area contributed by atoms with Gasteiger partial charge in [-0.3, -0.25) is 14.9 Å². The highest BCUT2D eigenvalue weighted by Crippen LogP contribution is 2.27. The van der Waals surface area contributed by atoms with Crippen LogP contribution in [0.15, 0.2) is 24.3 Å². The number of aliphatic hydroxyl groups excluding tert-OH is 6. The van der Waals surface area contributed by atoms with Crippen molar-refractivity contribution in [3.05, 3.63) is 34.4 Å². The first-order valence-corrected chi connectivity index (χ1v) is 10.7. The molecule has 196 valence electrons. The second-order valence-corrected chi connectivity index (χ2v) is 8.15. The van der Waals surface area contributed by atoms with E-state index in [1.165, 1.54) is 19.1 Å². The van der Waals surface area contributed by atoms with E-state index in [4.69, 9.17) is 18.9 Å². The molecule has 2 aliphatic heterocycles. The highest BCUT2D eigenvalue weighted by atomic mass is 16.7. The average molecular weight is 504 g/mol. The third-order valence-corrected chi connectivity index (χ3v) is 5.64. The molecule has 0 aliphatic carbocycles. The molecule has 1 aromatic rings. The van der Waals surface area contributed by atoms with Crippen LogP contribution in [0.4, 0.5) is 5.69 Å². The molecule has 35 heavy (non-hydrogen) atoms. The van der Waals surface area contributed by atoms with Crippen molar-refractivity contribution in [3.63, 3.8) is 0 Å². The highest BCUT2D eigenvalue weighted by molar-refractivity contribution is 5.73. The van der Waals surface area contributed by atoms with E-state index in [9.17, 15) is 45.5 Å². The Hall–Kier alpha value is -2.47. The molecule has 0 spiro atoms. The lowest BCUT2D eigenvalue weighted by atomic mass is 9.96. The summed E-state index contributed by atoms with van der Waals surface area (Å²) in [7, 11) is 0. The first kappa shape index (κ1) is 27.1. The zero-order chi connectivity index (χ0) is 25.9. The van der Waals surface area contributed by atoms with E-state index in [2.05, 4.69) is 5.32 Å². The quantitative estimate of drug-likeness (QED) is 0.136. The summed E-state index contributed by atoms with van der Waals surface area (Å²) in [5.74, 6) is -0.489. The predicted molar refractivity (Wildman–Crippen MR) is 112 cm³/mol. The summed E-state index contributed by atoms with van der Waals surface area (Å²) in [6.07, 6.45) is -13.6. The van der Waals surface area contributed by atoms with Gasteiger partial charge < -0.3 is 54.9 Å². The van der Waals surface area contributed by atoms with Gasteiger partial charge in [0.2, 0.25) is 12.2 Å². The minimum atomic E-state index is -1.73. The van der Waals surface area contributed by atoms with Crippen LogP contribution < -0.4 is 10.1 Å². The molecule has 0 unspecified atom stereocenters. The molecule has 15 nitrogen and oxygen atoms in total. The topological polar surface area (TPSA) is 231 Å². The molecule has 1 amide bonds. The van der Waals surface area contributed by atoms with Crippen molar-refractivity contribution in [1.82, 2.24) is 5.32 Å². The van der Waals surface area contributed by atoms with E-state index in [-0.39, 0.29) is 11.4 Å². The Bertz CT molecular complexity index is 871. The number of benzene rings is 1. The number of hydrogen-bond donors (Lipinski definition) is 7. The fourth-order valence-electron chi connectivity index (χ4n) is 3.73. The monoisotopic (exact) mass is 504 g/mol. The van der Waals surface area contributed by atoms with Crippen molar-refractivity contribution in [1.29, 1.82) is 0 Å². The molecule has 2 saturated heterocycles. The molecular weight excluding hydrogens is 476 g/mol. The van der Waals surface area contributed by atoms with Crippen LogP contribution in [0.25, 0.3) is 0 Å². The molecule has 2 heterocycles. The molecule has 10 atom stereocenters. The number of hydrogen-bond acceptors (Lipinski definition) is 13. The first-order chi connectivity index (χ1) is 16.5. The summed E-state index contributed by atoms with van der Waals surface area (Å²) in [5.41, 5.74) is -0.195. The largest absolute Gasteiger partial charge is 0.462 e. The number of nitrogens with one attached hydrogen (secondary N) is 1. The number of nitro groups is 1. The molecule has 2 aliphatic rings. The van der Waals surface area contributed by atoms with Crippen molar-refractivity contribution in [3.8, 4) is 5.75 Å². The maximum Gasteiger partial charge on any atom is 0.269 e. The van der Waals surface area contributed by atoms with Gasteiger partial charge in [-0.2, -0.15) is 0 Å². The van der Waals surface area contributed by atoms with Crippen molar-refractivity contribution in [2.24, 2.45) is 0 Å². The summed E-state index contributed by atoms with van der Waals surface area (Å²) in [6.45, 7) is 0.0104. The molecule has 0 radical (unpaired) electrons. The Morgan fingerprint density at radius 2 is 1.57 bits per heavy atom. The normalized spacial score (nSPS) is 37.5. The third kappa shape index (κ3) is 6.21. The zero-order valence-electron chi connectivity index (χ0n) is 18.5. The van der Waals surface area contributed by atoms with E-state index in [1.807, 2.05) is 0 Å². The number of non-ortho nitro benzene ring substituents is 1. The summed E-state index contributed by atoms with van der Waals surface area (Å²) >= 11 is 0. The molecular formula is C20H28N2O13. The summed E-state index contributed by atoms with van der Waals surface area (Å²) in [5, 5.41) is 73.8. The lowest BCUT2D eigenvalue weighted by molar-refractivity contribution is -0.384. The van der Waals surface area contributed by atoms with E-state index < -0.39 is 85.4 Å². The highest BCUT2D eigenvalue weighted by Gasteiger charge is 2.48. The number of rotatable bonds is 8. The van der Waals surface area contributed by atoms with Gasteiger partial charge in [-0.25, -0.2) is 0 Å². The van der Waals surface area contributed by atoms with Gasteiger partial charge in [0.1, 0.15) is 54.5 Å². The molecule has 7 N–H and O–H groups in total. The molecule has 0 aromatic heterocycles. The molecule has 0 saturated carbocycles. The number of carbonyl (C=O) groups excluding carboxylic acids is 1. The maximum atomic E-state index is 11.5. The Morgan fingerprint density at radius 3 is 2.14 bits per heavy atom. The Balaban J connectivity index is 1.69. The average Bonchev–Trinajstić information content (AvgIpc) is 2.82. The minimum Gasteiger partial charge on any atom is -0.462 e. The number of nitrogens with zero attached hydrogens (tertiary/aromatic N) is 1. The standard InChI is InChI=1S/C20H28N2O13/c1-8(24)21-13-16(27)14(25)11(6-23)34-19(13)32-7-12-15(26)17(28)18(29)20(35-12)33-10-4-2-9(3-5-10)22(30)31/h2-5,11-20,23,25-29H,6-7H2,1H3,(H,21,24)/t11-,12-,13-,14-,15+,16-,17+,18-,19-,20-/m1/s1. The van der Waals surface area contributed by atoms with Gasteiger partial charge in [-0.15, -0.1) is 0 Å². The van der Waals surface area contributed by atoms with Crippen molar-refractivity contribution in [2.45, 2.75) is 68.3 Å². The van der Waals surface area contributed by atoms with Crippen LogP contribution in [0.2, 0.25) is 0 Å². The van der Waals surface area contributed by atoms with Gasteiger partial charge in [0.05, 0.1) is 18.1 Å². The van der Waals surface area contributed by atoms with Crippen molar-refractivity contribution >= 4 is 11.6 Å². The van der Waals surface area contributed by atoms with Crippen LogP contribution in [-0.4, -0.2) is 116 Å². The Kier molecular flexibility index (Phi) is 8.92. The van der Waals surface area contributed by atoms with Gasteiger partial charge in [-0.05, 0) is 12.1 Å². The fourth-order valence-corrected chi connectivity index (χ4v) is 3.73. The van der Waals surface area contributed by atoms with E-state index in [0.717, 1.165) is 12.1 Å². The predicted octanol–water partition coefficient (Wildman–Crippen LogP) is -3.26. The van der Waals surface area contributed by atoms with Gasteiger partial charge in [-0.1, -0.05) is 0 Å². The van der Waals surface area contributed by atoms with Crippen LogP contribution >= 0.6 is 0 Å². The third-order valence-electron chi connectivity index (χ3n) is 5.64. The SMILES string of the molecule is CC(=O)N[C@H]1[C@H](OC[C@H]2O[C@@H](Oc3ccc([N+](=O)[O-])cc3)[C@H](O)[C@@H](O)[C@H]2O)O[C@H](CO)[C@@H](O)[C@@H]1O. The van der Waals surface area contributed by atoms with Crippen LogP contribution in [0.5, 0.6) is 5.75 Å². The summed E-state index contributed by atoms with van der Waals surface area (Å²) < 4.78 is 22.0. The van der Waals surface area contributed by atoms with E-state index >= 15 is 0 Å². The number of ether oxygens (including phenoxy) is 4. The summed E-state index contributed by atoms with van der Waals surface area (Å²) in [4.78, 5) is 21.7. The van der Waals surface area contributed by atoms with Gasteiger partial charge >= 0.3 is 0 Å². The fraction of sp³-hybridized carbons (Fsp3) is 0.650. The second kappa shape index (κ2) is 11.5. The van der Waals surface area contributed by atoms with Crippen LogP contribution in [0, 0.1) is 10.1 Å². The minimum absolute atomic E-state index is 0.0761.